The van der Waals surface area contributed by atoms with Crippen LogP contribution >= 0.6 is 11.6 Å². The molecule has 0 aliphatic rings. The lowest BCUT2D eigenvalue weighted by atomic mass is 10.0. The molecule has 0 radical (unpaired) electrons. The van der Waals surface area contributed by atoms with Crippen molar-refractivity contribution in [2.75, 3.05) is 13.7 Å². The summed E-state index contributed by atoms with van der Waals surface area (Å²) >= 11 is 6.54. The number of nitrogens with one attached hydrogen (secondary N) is 2. The van der Waals surface area contributed by atoms with Crippen LogP contribution in [0.25, 0.3) is 22.0 Å². The summed E-state index contributed by atoms with van der Waals surface area (Å²) in [6.07, 6.45) is 1.47. The van der Waals surface area contributed by atoms with Crippen molar-refractivity contribution in [3.8, 4) is 28.4 Å². The molecular weight excluding hydrogens is 554 g/mol. The van der Waals surface area contributed by atoms with Gasteiger partial charge in [0.05, 0.1) is 25.5 Å². The van der Waals surface area contributed by atoms with Crippen LogP contribution in [-0.4, -0.2) is 36.8 Å². The molecule has 0 atom stereocenters. The number of ether oxygens (including phenoxy) is 3. The molecule has 4 aromatic carbocycles. The Bertz CT molecular complexity index is 1810. The molecule has 1 aromatic heterocycles. The minimum Gasteiger partial charge on any atom is -0.494 e. The lowest BCUT2D eigenvalue weighted by Crippen LogP contribution is -2.19. The average molecular weight is 582 g/mol. The Morgan fingerprint density at radius 3 is 2.57 bits per heavy atom. The predicted molar refractivity (Wildman–Crippen MR) is 164 cm³/mol. The summed E-state index contributed by atoms with van der Waals surface area (Å²) in [7, 11) is 1.48. The van der Waals surface area contributed by atoms with Crippen LogP contribution in [0.3, 0.4) is 0 Å². The fourth-order valence-electron chi connectivity index (χ4n) is 4.54. The molecule has 1 amide bonds. The molecule has 0 unspecified atom stereocenters. The van der Waals surface area contributed by atoms with E-state index < -0.39 is 11.9 Å². The quantitative estimate of drug-likeness (QED) is 0.0830. The van der Waals surface area contributed by atoms with Crippen LogP contribution in [0, 0.1) is 6.92 Å². The molecule has 1 heterocycles. The van der Waals surface area contributed by atoms with Gasteiger partial charge in [0.25, 0.3) is 5.91 Å². The molecule has 5 aromatic rings. The van der Waals surface area contributed by atoms with Gasteiger partial charge in [0, 0.05) is 27.1 Å². The van der Waals surface area contributed by atoms with Crippen LogP contribution in [0.4, 0.5) is 0 Å². The second kappa shape index (κ2) is 12.6. The summed E-state index contributed by atoms with van der Waals surface area (Å²) in [5.74, 6) is 0.342. The van der Waals surface area contributed by atoms with Gasteiger partial charge < -0.3 is 19.2 Å². The minimum atomic E-state index is -0.494. The van der Waals surface area contributed by atoms with Gasteiger partial charge in [0.2, 0.25) is 0 Å². The molecule has 212 valence electrons. The molecule has 0 saturated heterocycles. The number of fused-ring (bicyclic) bond motifs is 1. The number of carbonyl (C=O) groups excluding carboxylic acids is 2. The van der Waals surface area contributed by atoms with Crippen LogP contribution < -0.4 is 19.6 Å². The van der Waals surface area contributed by atoms with E-state index in [0.717, 1.165) is 16.5 Å². The van der Waals surface area contributed by atoms with Gasteiger partial charge >= 0.3 is 5.97 Å². The third kappa shape index (κ3) is 6.14. The van der Waals surface area contributed by atoms with Crippen molar-refractivity contribution in [1.82, 2.24) is 10.4 Å². The Hall–Kier alpha value is -5.08. The van der Waals surface area contributed by atoms with Gasteiger partial charge in [-0.2, -0.15) is 5.10 Å². The number of H-pyrrole nitrogens is 1. The van der Waals surface area contributed by atoms with E-state index in [-0.39, 0.29) is 5.75 Å². The summed E-state index contributed by atoms with van der Waals surface area (Å²) in [6, 6.07) is 25.0. The molecule has 0 aliphatic heterocycles. The van der Waals surface area contributed by atoms with Gasteiger partial charge in [-0.15, -0.1) is 0 Å². The Labute approximate surface area is 247 Å². The maximum absolute atomic E-state index is 13.4. The Balaban J connectivity index is 1.38. The number of hydrogen-bond donors (Lipinski definition) is 2. The first-order valence-electron chi connectivity index (χ1n) is 13.2. The number of rotatable bonds is 9. The number of methoxy groups -OCH3 is 1. The van der Waals surface area contributed by atoms with Gasteiger partial charge in [-0.05, 0) is 74.0 Å². The lowest BCUT2D eigenvalue weighted by Gasteiger charge is -2.10. The molecule has 9 heteroatoms. The molecule has 2 N–H and O–H groups in total. The minimum absolute atomic E-state index is 0.263. The highest BCUT2D eigenvalue weighted by molar-refractivity contribution is 6.34. The molecule has 8 nitrogen and oxygen atoms in total. The number of nitrogens with zero attached hydrogens (tertiary/aromatic N) is 1. The van der Waals surface area contributed by atoms with Gasteiger partial charge in [-0.25, -0.2) is 10.2 Å². The van der Waals surface area contributed by atoms with Crippen molar-refractivity contribution in [2.24, 2.45) is 5.10 Å². The first-order chi connectivity index (χ1) is 20.4. The Morgan fingerprint density at radius 1 is 0.976 bits per heavy atom. The summed E-state index contributed by atoms with van der Waals surface area (Å²) < 4.78 is 16.7. The molecule has 5 rings (SSSR count). The van der Waals surface area contributed by atoms with Crippen molar-refractivity contribution in [3.05, 3.63) is 112 Å². The zero-order valence-corrected chi connectivity index (χ0v) is 24.0. The number of esters is 1. The molecule has 0 saturated carbocycles. The van der Waals surface area contributed by atoms with E-state index in [4.69, 9.17) is 25.8 Å². The van der Waals surface area contributed by atoms with E-state index >= 15 is 0 Å². The largest absolute Gasteiger partial charge is 0.494 e. The van der Waals surface area contributed by atoms with Gasteiger partial charge in [-0.3, -0.25) is 4.79 Å². The molecule has 0 aliphatic carbocycles. The number of amides is 1. The third-order valence-electron chi connectivity index (χ3n) is 6.48. The smallest absolute Gasteiger partial charge is 0.343 e. The van der Waals surface area contributed by atoms with Crippen LogP contribution in [0.1, 0.15) is 38.9 Å². The van der Waals surface area contributed by atoms with Gasteiger partial charge in [0.1, 0.15) is 11.4 Å². The summed E-state index contributed by atoms with van der Waals surface area (Å²) in [5.41, 5.74) is 7.00. The van der Waals surface area contributed by atoms with E-state index in [1.807, 2.05) is 56.3 Å². The number of aromatic amines is 1. The van der Waals surface area contributed by atoms with Crippen molar-refractivity contribution in [1.29, 1.82) is 0 Å². The monoisotopic (exact) mass is 581 g/mol. The van der Waals surface area contributed by atoms with E-state index in [9.17, 15) is 9.59 Å². The summed E-state index contributed by atoms with van der Waals surface area (Å²) in [4.78, 5) is 29.2. The summed E-state index contributed by atoms with van der Waals surface area (Å²) in [5, 5.41) is 5.45. The maximum Gasteiger partial charge on any atom is 0.343 e. The SMILES string of the molecule is CCOc1ccc2[nH]c(C(=O)NN=Cc3ccc(OC(=O)c4cccc(C)c4)c(OC)c3)c(-c3ccccc3Cl)c2c1. The number of aryl methyl sites for hydroxylation is 1. The van der Waals surface area contributed by atoms with E-state index in [2.05, 4.69) is 15.5 Å². The fraction of sp³-hybridized carbons (Fsp3) is 0.121. The normalized spacial score (nSPS) is 11.0. The first kappa shape index (κ1) is 28.4. The topological polar surface area (TPSA) is 102 Å². The van der Waals surface area contributed by atoms with E-state index in [1.165, 1.54) is 13.3 Å². The maximum atomic E-state index is 13.4. The molecule has 42 heavy (non-hydrogen) atoms. The third-order valence-corrected chi connectivity index (χ3v) is 6.80. The number of carbonyl (C=O) groups is 2. The number of halogens is 1. The molecule has 0 spiro atoms. The molecular formula is C33H28ClN3O5. The van der Waals surface area contributed by atoms with Crippen LogP contribution in [0.5, 0.6) is 17.2 Å². The number of aromatic nitrogens is 1. The predicted octanol–water partition coefficient (Wildman–Crippen LogP) is 7.19. The number of hydrazone groups is 1. The standard InChI is InChI=1S/C33H28ClN3O5/c1-4-41-23-13-14-27-25(18-23)30(24-10-5-6-11-26(24)34)31(36-27)32(38)37-35-19-21-12-15-28(29(17-21)40-3)42-33(39)22-9-7-8-20(2)16-22/h5-19,36H,4H2,1-3H3,(H,37,38). The average Bonchev–Trinajstić information content (AvgIpc) is 3.37. The Kier molecular flexibility index (Phi) is 8.55. The van der Waals surface area contributed by atoms with Crippen LogP contribution in [-0.2, 0) is 0 Å². The van der Waals surface area contributed by atoms with Crippen LogP contribution in [0.15, 0.2) is 90.0 Å². The second-order valence-corrected chi connectivity index (χ2v) is 9.77. The van der Waals surface area contributed by atoms with Gasteiger partial charge in [0.15, 0.2) is 11.5 Å². The molecule has 0 bridgehead atoms. The number of hydrogen-bond acceptors (Lipinski definition) is 6. The lowest BCUT2D eigenvalue weighted by molar-refractivity contribution is 0.0729. The van der Waals surface area contributed by atoms with Crippen LogP contribution in [0.2, 0.25) is 5.02 Å². The number of benzene rings is 4. The second-order valence-electron chi connectivity index (χ2n) is 9.36. The van der Waals surface area contributed by atoms with E-state index in [0.29, 0.717) is 51.1 Å². The highest BCUT2D eigenvalue weighted by Gasteiger charge is 2.21. The first-order valence-corrected chi connectivity index (χ1v) is 13.6. The van der Waals surface area contributed by atoms with Crippen molar-refractivity contribution in [2.45, 2.75) is 13.8 Å². The Morgan fingerprint density at radius 2 is 1.81 bits per heavy atom. The van der Waals surface area contributed by atoms with Gasteiger partial charge in [-0.1, -0.05) is 47.5 Å². The zero-order chi connectivity index (χ0) is 29.6. The summed E-state index contributed by atoms with van der Waals surface area (Å²) in [6.45, 7) is 4.33. The van der Waals surface area contributed by atoms with E-state index in [1.54, 1.807) is 42.5 Å². The molecule has 0 fully saturated rings. The van der Waals surface area contributed by atoms with Crippen molar-refractivity contribution >= 4 is 40.6 Å². The highest BCUT2D eigenvalue weighted by Crippen LogP contribution is 2.38. The highest BCUT2D eigenvalue weighted by atomic mass is 35.5. The van der Waals surface area contributed by atoms with Crippen molar-refractivity contribution < 1.29 is 23.8 Å². The van der Waals surface area contributed by atoms with Crippen molar-refractivity contribution in [3.63, 3.8) is 0 Å². The fourth-order valence-corrected chi connectivity index (χ4v) is 4.77. The zero-order valence-electron chi connectivity index (χ0n) is 23.2.